The number of aromatic nitrogens is 3. The molecule has 0 aliphatic carbocycles. The van der Waals surface area contributed by atoms with Crippen LogP contribution in [0.25, 0.3) is 33.9 Å². The quantitative estimate of drug-likeness (QED) is 0.428. The SMILES string of the molecule is C[N+](C)(C)Cc1ccc(-c2cc(-c3ccccn3)nc(-c3ccccn3)c2)cc1.[Br-]. The summed E-state index contributed by atoms with van der Waals surface area (Å²) >= 11 is 0. The summed E-state index contributed by atoms with van der Waals surface area (Å²) in [6.45, 7) is 0.995. The van der Waals surface area contributed by atoms with Gasteiger partial charge in [0.15, 0.2) is 0 Å². The molecular weight excluding hydrogens is 436 g/mol. The van der Waals surface area contributed by atoms with Gasteiger partial charge in [-0.3, -0.25) is 9.97 Å². The summed E-state index contributed by atoms with van der Waals surface area (Å²) in [4.78, 5) is 13.8. The molecule has 5 heteroatoms. The van der Waals surface area contributed by atoms with Crippen molar-refractivity contribution in [1.29, 1.82) is 0 Å². The normalized spacial score (nSPS) is 11.0. The van der Waals surface area contributed by atoms with Gasteiger partial charge in [0.1, 0.15) is 6.54 Å². The van der Waals surface area contributed by atoms with Crippen molar-refractivity contribution < 1.29 is 21.5 Å². The lowest BCUT2D eigenvalue weighted by atomic mass is 10.0. The molecule has 0 fully saturated rings. The van der Waals surface area contributed by atoms with Gasteiger partial charge >= 0.3 is 0 Å². The van der Waals surface area contributed by atoms with Crippen molar-refractivity contribution in [3.8, 4) is 33.9 Å². The van der Waals surface area contributed by atoms with Crippen LogP contribution >= 0.6 is 0 Å². The van der Waals surface area contributed by atoms with Gasteiger partial charge in [0, 0.05) is 18.0 Å². The van der Waals surface area contributed by atoms with Crippen molar-refractivity contribution in [2.24, 2.45) is 0 Å². The molecule has 0 aliphatic heterocycles. The summed E-state index contributed by atoms with van der Waals surface area (Å²) in [6.07, 6.45) is 3.59. The summed E-state index contributed by atoms with van der Waals surface area (Å²) in [6, 6.07) is 24.8. The van der Waals surface area contributed by atoms with Crippen LogP contribution in [-0.2, 0) is 6.54 Å². The molecule has 0 unspecified atom stereocenters. The molecule has 0 radical (unpaired) electrons. The highest BCUT2D eigenvalue weighted by molar-refractivity contribution is 5.74. The molecule has 0 atom stereocenters. The van der Waals surface area contributed by atoms with Gasteiger partial charge in [0.05, 0.1) is 43.9 Å². The van der Waals surface area contributed by atoms with Crippen LogP contribution in [0.4, 0.5) is 0 Å². The molecule has 0 amide bonds. The van der Waals surface area contributed by atoms with E-state index in [4.69, 9.17) is 4.98 Å². The average Bonchev–Trinajstić information content (AvgIpc) is 2.74. The predicted molar refractivity (Wildman–Crippen MR) is 118 cm³/mol. The molecule has 0 N–H and O–H groups in total. The Hall–Kier alpha value is -2.89. The average molecular weight is 461 g/mol. The van der Waals surface area contributed by atoms with Crippen LogP contribution in [0, 0.1) is 0 Å². The van der Waals surface area contributed by atoms with E-state index in [1.54, 1.807) is 12.4 Å². The zero-order valence-electron chi connectivity index (χ0n) is 17.5. The molecule has 0 saturated carbocycles. The van der Waals surface area contributed by atoms with Crippen molar-refractivity contribution in [2.75, 3.05) is 21.1 Å². The number of halogens is 1. The lowest BCUT2D eigenvalue weighted by Gasteiger charge is -2.24. The van der Waals surface area contributed by atoms with Gasteiger partial charge < -0.3 is 21.5 Å². The van der Waals surface area contributed by atoms with Gasteiger partial charge in [-0.1, -0.05) is 36.4 Å². The molecule has 152 valence electrons. The molecule has 0 bridgehead atoms. The largest absolute Gasteiger partial charge is 1.00 e. The van der Waals surface area contributed by atoms with Gasteiger partial charge in [-0.25, -0.2) is 4.98 Å². The fraction of sp³-hybridized carbons (Fsp3) is 0.160. The smallest absolute Gasteiger partial charge is 0.104 e. The van der Waals surface area contributed by atoms with E-state index in [1.807, 2.05) is 36.4 Å². The Morgan fingerprint density at radius 2 is 1.17 bits per heavy atom. The molecule has 3 heterocycles. The Morgan fingerprint density at radius 3 is 1.60 bits per heavy atom. The Labute approximate surface area is 188 Å². The highest BCUT2D eigenvalue weighted by Crippen LogP contribution is 2.29. The number of hydrogen-bond donors (Lipinski definition) is 0. The highest BCUT2D eigenvalue weighted by atomic mass is 79.9. The number of hydrogen-bond acceptors (Lipinski definition) is 3. The summed E-state index contributed by atoms with van der Waals surface area (Å²) < 4.78 is 0.905. The molecule has 30 heavy (non-hydrogen) atoms. The van der Waals surface area contributed by atoms with Crippen LogP contribution in [0.5, 0.6) is 0 Å². The fourth-order valence-corrected chi connectivity index (χ4v) is 3.34. The van der Waals surface area contributed by atoms with E-state index in [0.29, 0.717) is 0 Å². The van der Waals surface area contributed by atoms with Crippen LogP contribution in [-0.4, -0.2) is 40.6 Å². The third kappa shape index (κ3) is 5.38. The second-order valence-corrected chi connectivity index (χ2v) is 8.20. The summed E-state index contributed by atoms with van der Waals surface area (Å²) in [7, 11) is 6.61. The number of nitrogens with zero attached hydrogens (tertiary/aromatic N) is 4. The molecular formula is C25H25BrN4. The van der Waals surface area contributed by atoms with E-state index < -0.39 is 0 Å². The monoisotopic (exact) mass is 460 g/mol. The fourth-order valence-electron chi connectivity index (χ4n) is 3.34. The Morgan fingerprint density at radius 1 is 0.633 bits per heavy atom. The Kier molecular flexibility index (Phi) is 6.75. The minimum Gasteiger partial charge on any atom is -1.00 e. The predicted octanol–water partition coefficient (Wildman–Crippen LogP) is 2.08. The van der Waals surface area contributed by atoms with Gasteiger partial charge in [-0.2, -0.15) is 0 Å². The number of rotatable bonds is 5. The third-order valence-corrected chi connectivity index (χ3v) is 4.62. The number of benzene rings is 1. The first kappa shape index (κ1) is 21.8. The Balaban J connectivity index is 0.00000256. The standard InChI is InChI=1S/C25H25N4.BrH/c1-29(2,3)18-19-10-12-20(13-11-19)21-16-24(22-8-4-6-14-26-22)28-25(17-21)23-9-5-7-15-27-23;/h4-17H,18H2,1-3H3;1H/q+1;/p-1. The van der Waals surface area contributed by atoms with E-state index in [2.05, 4.69) is 67.5 Å². The van der Waals surface area contributed by atoms with Crippen molar-refractivity contribution in [1.82, 2.24) is 15.0 Å². The minimum absolute atomic E-state index is 0. The van der Waals surface area contributed by atoms with Gasteiger partial charge in [-0.15, -0.1) is 0 Å². The second kappa shape index (κ2) is 9.28. The summed E-state index contributed by atoms with van der Waals surface area (Å²) in [5, 5.41) is 0. The lowest BCUT2D eigenvalue weighted by molar-refractivity contribution is -0.884. The van der Waals surface area contributed by atoms with E-state index >= 15 is 0 Å². The van der Waals surface area contributed by atoms with Gasteiger partial charge in [-0.05, 0) is 47.5 Å². The van der Waals surface area contributed by atoms with Crippen LogP contribution in [0.3, 0.4) is 0 Å². The first-order valence-electron chi connectivity index (χ1n) is 9.73. The van der Waals surface area contributed by atoms with Crippen LogP contribution in [0.15, 0.2) is 85.2 Å². The first-order chi connectivity index (χ1) is 14.0. The molecule has 4 nitrogen and oxygen atoms in total. The van der Waals surface area contributed by atoms with Crippen molar-refractivity contribution in [2.45, 2.75) is 6.54 Å². The maximum atomic E-state index is 4.84. The topological polar surface area (TPSA) is 38.7 Å². The molecule has 4 rings (SSSR count). The van der Waals surface area contributed by atoms with Crippen LogP contribution in [0.2, 0.25) is 0 Å². The first-order valence-corrected chi connectivity index (χ1v) is 9.73. The Bertz CT molecular complexity index is 1030. The minimum atomic E-state index is 0. The van der Waals surface area contributed by atoms with E-state index in [0.717, 1.165) is 44.9 Å². The zero-order valence-corrected chi connectivity index (χ0v) is 19.0. The van der Waals surface area contributed by atoms with E-state index in [1.165, 1.54) is 5.56 Å². The van der Waals surface area contributed by atoms with Crippen molar-refractivity contribution >= 4 is 0 Å². The second-order valence-electron chi connectivity index (χ2n) is 8.20. The summed E-state index contributed by atoms with van der Waals surface area (Å²) in [5.41, 5.74) is 7.00. The maximum absolute atomic E-state index is 4.84. The van der Waals surface area contributed by atoms with E-state index in [-0.39, 0.29) is 17.0 Å². The van der Waals surface area contributed by atoms with E-state index in [9.17, 15) is 0 Å². The highest BCUT2D eigenvalue weighted by Gasteiger charge is 2.12. The molecule has 1 aromatic carbocycles. The lowest BCUT2D eigenvalue weighted by Crippen LogP contribution is -3.00. The number of pyridine rings is 3. The van der Waals surface area contributed by atoms with Crippen molar-refractivity contribution in [3.05, 3.63) is 90.8 Å². The number of quaternary nitrogens is 1. The van der Waals surface area contributed by atoms with Crippen LogP contribution < -0.4 is 17.0 Å². The summed E-state index contributed by atoms with van der Waals surface area (Å²) in [5.74, 6) is 0. The molecule has 3 aromatic heterocycles. The molecule has 0 aliphatic rings. The van der Waals surface area contributed by atoms with Crippen molar-refractivity contribution in [3.63, 3.8) is 0 Å². The van der Waals surface area contributed by atoms with Crippen LogP contribution in [0.1, 0.15) is 5.56 Å². The molecule has 0 saturated heterocycles. The molecule has 4 aromatic rings. The third-order valence-electron chi connectivity index (χ3n) is 4.62. The van der Waals surface area contributed by atoms with Gasteiger partial charge in [0.2, 0.25) is 0 Å². The zero-order chi connectivity index (χ0) is 20.3. The maximum Gasteiger partial charge on any atom is 0.104 e. The van der Waals surface area contributed by atoms with Gasteiger partial charge in [0.25, 0.3) is 0 Å². The molecule has 0 spiro atoms.